The van der Waals surface area contributed by atoms with Crippen molar-refractivity contribution in [2.24, 2.45) is 23.7 Å². The molecule has 2 aromatic rings. The summed E-state index contributed by atoms with van der Waals surface area (Å²) in [5, 5.41) is 3.34. The Balaban J connectivity index is 1.64. The molecule has 0 heterocycles. The van der Waals surface area contributed by atoms with Crippen LogP contribution in [0.15, 0.2) is 109 Å². The summed E-state index contributed by atoms with van der Waals surface area (Å²) >= 11 is 0. The highest BCUT2D eigenvalue weighted by Crippen LogP contribution is 2.61. The predicted molar refractivity (Wildman–Crippen MR) is 134 cm³/mol. The fourth-order valence-electron chi connectivity index (χ4n) is 7.74. The van der Waals surface area contributed by atoms with Crippen molar-refractivity contribution in [3.63, 3.8) is 0 Å². The lowest BCUT2D eigenvalue weighted by molar-refractivity contribution is 0.461. The van der Waals surface area contributed by atoms with Crippen molar-refractivity contribution in [1.82, 2.24) is 0 Å². The van der Waals surface area contributed by atoms with Crippen LogP contribution in [0.2, 0.25) is 11.1 Å². The van der Waals surface area contributed by atoms with E-state index in [0.29, 0.717) is 29.2 Å². The second-order valence-corrected chi connectivity index (χ2v) is 14.3. The second kappa shape index (κ2) is 7.95. The molecule has 0 aliphatic heterocycles. The van der Waals surface area contributed by atoms with Crippen molar-refractivity contribution in [3.8, 4) is 0 Å². The Morgan fingerprint density at radius 3 is 1.39 bits per heavy atom. The molecule has 2 saturated carbocycles. The molecule has 156 valence electrons. The molecular formula is C30H32Si. The first-order valence-electron chi connectivity index (χ1n) is 12.2. The molecule has 4 aliphatic rings. The Hall–Kier alpha value is -2.38. The van der Waals surface area contributed by atoms with Gasteiger partial charge in [0.25, 0.3) is 0 Å². The maximum absolute atomic E-state index is 2.58. The largest absolute Gasteiger partial charge is 0.125 e. The molecule has 2 aromatic carbocycles. The van der Waals surface area contributed by atoms with Crippen LogP contribution in [0.3, 0.4) is 0 Å². The first-order valence-corrected chi connectivity index (χ1v) is 14.4. The fourth-order valence-corrected chi connectivity index (χ4v) is 15.0. The minimum Gasteiger partial charge on any atom is -0.0808 e. The molecule has 0 spiro atoms. The number of rotatable bonds is 4. The molecule has 0 aromatic heterocycles. The predicted octanol–water partition coefficient (Wildman–Crippen LogP) is 6.29. The molecule has 0 bridgehead atoms. The van der Waals surface area contributed by atoms with Gasteiger partial charge in [-0.3, -0.25) is 0 Å². The van der Waals surface area contributed by atoms with Crippen LogP contribution in [0.25, 0.3) is 0 Å². The summed E-state index contributed by atoms with van der Waals surface area (Å²) in [6, 6.07) is 23.6. The van der Waals surface area contributed by atoms with Crippen molar-refractivity contribution in [2.45, 2.75) is 36.8 Å². The summed E-state index contributed by atoms with van der Waals surface area (Å²) in [7, 11) is -2.07. The molecule has 4 atom stereocenters. The monoisotopic (exact) mass is 420 g/mol. The topological polar surface area (TPSA) is 0 Å². The van der Waals surface area contributed by atoms with Crippen LogP contribution in [0.5, 0.6) is 0 Å². The molecule has 0 nitrogen and oxygen atoms in total. The summed E-state index contributed by atoms with van der Waals surface area (Å²) in [4.78, 5) is 0. The minimum atomic E-state index is -2.07. The zero-order chi connectivity index (χ0) is 20.7. The summed E-state index contributed by atoms with van der Waals surface area (Å²) in [5.41, 5.74) is 1.54. The maximum atomic E-state index is 2.58. The Morgan fingerprint density at radius 2 is 0.935 bits per heavy atom. The van der Waals surface area contributed by atoms with Gasteiger partial charge in [0, 0.05) is 0 Å². The average molecular weight is 421 g/mol. The molecule has 4 unspecified atom stereocenters. The van der Waals surface area contributed by atoms with E-state index in [4.69, 9.17) is 0 Å². The van der Waals surface area contributed by atoms with E-state index in [2.05, 4.69) is 109 Å². The van der Waals surface area contributed by atoms with Gasteiger partial charge in [0.2, 0.25) is 0 Å². The first-order chi connectivity index (χ1) is 15.4. The summed E-state index contributed by atoms with van der Waals surface area (Å²) < 4.78 is 0. The van der Waals surface area contributed by atoms with E-state index < -0.39 is 8.07 Å². The number of allylic oxidation sites excluding steroid dienone is 8. The lowest BCUT2D eigenvalue weighted by Crippen LogP contribution is -2.66. The van der Waals surface area contributed by atoms with Gasteiger partial charge in [0.1, 0.15) is 8.07 Å². The van der Waals surface area contributed by atoms with Crippen LogP contribution in [-0.2, 0) is 0 Å². The van der Waals surface area contributed by atoms with Gasteiger partial charge in [-0.05, 0) is 34.8 Å². The Kier molecular flexibility index (Phi) is 4.95. The van der Waals surface area contributed by atoms with Crippen LogP contribution in [-0.4, -0.2) is 8.07 Å². The smallest absolute Gasteiger partial charge is 0.0808 e. The molecule has 0 saturated heterocycles. The quantitative estimate of drug-likeness (QED) is 0.510. The van der Waals surface area contributed by atoms with Gasteiger partial charge in [-0.15, -0.1) is 0 Å². The van der Waals surface area contributed by atoms with Gasteiger partial charge in [0.05, 0.1) is 0 Å². The Labute approximate surface area is 188 Å². The van der Waals surface area contributed by atoms with Crippen molar-refractivity contribution >= 4 is 18.4 Å². The van der Waals surface area contributed by atoms with E-state index in [1.54, 1.807) is 10.4 Å². The van der Waals surface area contributed by atoms with Crippen LogP contribution < -0.4 is 10.4 Å². The van der Waals surface area contributed by atoms with E-state index in [1.165, 1.54) is 25.7 Å². The van der Waals surface area contributed by atoms with Gasteiger partial charge in [-0.1, -0.05) is 145 Å². The summed E-state index contributed by atoms with van der Waals surface area (Å²) in [5.74, 6) is 2.56. The van der Waals surface area contributed by atoms with Gasteiger partial charge in [-0.2, -0.15) is 0 Å². The molecular weight excluding hydrogens is 388 g/mol. The van der Waals surface area contributed by atoms with E-state index >= 15 is 0 Å². The van der Waals surface area contributed by atoms with Gasteiger partial charge in [-0.25, -0.2) is 0 Å². The van der Waals surface area contributed by atoms with E-state index in [-0.39, 0.29) is 0 Å². The molecule has 2 fully saturated rings. The molecule has 6 rings (SSSR count). The first kappa shape index (κ1) is 19.3. The van der Waals surface area contributed by atoms with E-state index in [1.807, 2.05) is 0 Å². The third-order valence-corrected chi connectivity index (χ3v) is 15.0. The Morgan fingerprint density at radius 1 is 0.516 bits per heavy atom. The molecule has 4 aliphatic carbocycles. The standard InChI is InChI=1S/C30H32Si/c1-3-13-23(14-4-1)31(25-17-7-8-18-25,24-15-5-2-6-16-24)30-28-21-11-9-19-26(28)27-20-10-12-22-29(27)30/h1-6,9-16,19-22,25-30H,7-8,17-18H2. The summed E-state index contributed by atoms with van der Waals surface area (Å²) in [6.45, 7) is 0. The third-order valence-electron chi connectivity index (χ3n) is 8.75. The van der Waals surface area contributed by atoms with Crippen molar-refractivity contribution in [1.29, 1.82) is 0 Å². The number of benzene rings is 2. The van der Waals surface area contributed by atoms with Crippen molar-refractivity contribution in [3.05, 3.63) is 109 Å². The second-order valence-electron chi connectivity index (χ2n) is 9.96. The average Bonchev–Trinajstić information content (AvgIpc) is 3.49. The number of hydrogen-bond acceptors (Lipinski definition) is 0. The molecule has 31 heavy (non-hydrogen) atoms. The third kappa shape index (κ3) is 2.93. The highest BCUT2D eigenvalue weighted by molar-refractivity contribution is 7.04. The Bertz CT molecular complexity index is 949. The van der Waals surface area contributed by atoms with Crippen molar-refractivity contribution < 1.29 is 0 Å². The zero-order valence-electron chi connectivity index (χ0n) is 18.2. The highest BCUT2D eigenvalue weighted by Gasteiger charge is 2.61. The molecule has 0 N–H and O–H groups in total. The minimum absolute atomic E-state index is 0.639. The lowest BCUT2D eigenvalue weighted by Gasteiger charge is -2.47. The molecule has 1 heteroatoms. The lowest BCUT2D eigenvalue weighted by atomic mass is 9.83. The molecule has 0 radical (unpaired) electrons. The van der Waals surface area contributed by atoms with Crippen LogP contribution in [0.1, 0.15) is 25.7 Å². The highest BCUT2D eigenvalue weighted by atomic mass is 28.3. The van der Waals surface area contributed by atoms with Crippen LogP contribution in [0, 0.1) is 23.7 Å². The van der Waals surface area contributed by atoms with Crippen LogP contribution in [0.4, 0.5) is 0 Å². The van der Waals surface area contributed by atoms with Gasteiger partial charge < -0.3 is 0 Å². The zero-order valence-corrected chi connectivity index (χ0v) is 19.2. The maximum Gasteiger partial charge on any atom is 0.125 e. The normalized spacial score (nSPS) is 31.7. The van der Waals surface area contributed by atoms with E-state index in [0.717, 1.165) is 5.54 Å². The van der Waals surface area contributed by atoms with Gasteiger partial charge in [0.15, 0.2) is 0 Å². The summed E-state index contributed by atoms with van der Waals surface area (Å²) in [6.07, 6.45) is 25.1. The van der Waals surface area contributed by atoms with Crippen molar-refractivity contribution in [2.75, 3.05) is 0 Å². The SMILES string of the molecule is C1=CC2C3C=CC=CC3C([Si](c3ccccc3)(c3ccccc3)C3CCCC3)C2C=C1. The van der Waals surface area contributed by atoms with Crippen LogP contribution >= 0.6 is 0 Å². The van der Waals surface area contributed by atoms with Gasteiger partial charge >= 0.3 is 0 Å². The number of fused-ring (bicyclic) bond motifs is 3. The fraction of sp³-hybridized carbons (Fsp3) is 0.333. The number of hydrogen-bond donors (Lipinski definition) is 0. The molecule has 0 amide bonds. The van der Waals surface area contributed by atoms with E-state index in [9.17, 15) is 0 Å².